The van der Waals surface area contributed by atoms with Gasteiger partial charge in [-0.2, -0.15) is 9.65 Å². The lowest BCUT2D eigenvalue weighted by Gasteiger charge is -2.04. The van der Waals surface area contributed by atoms with Gasteiger partial charge in [0.1, 0.15) is 5.82 Å². The molecule has 0 aliphatic carbocycles. The smallest absolute Gasteiger partial charge is 0.213 e. The molecule has 0 fully saturated rings. The van der Waals surface area contributed by atoms with Gasteiger partial charge in [0.05, 0.1) is 18.2 Å². The van der Waals surface area contributed by atoms with Gasteiger partial charge in [0.25, 0.3) is 0 Å². The quantitative estimate of drug-likeness (QED) is 0.743. The normalized spacial score (nSPS) is 9.94. The van der Waals surface area contributed by atoms with Crippen LogP contribution in [0.15, 0.2) is 36.4 Å². The second kappa shape index (κ2) is 4.71. The number of benzene rings is 1. The molecule has 0 bridgehead atoms. The third-order valence-corrected chi connectivity index (χ3v) is 2.29. The number of aromatic nitrogens is 1. The fourth-order valence-corrected chi connectivity index (χ4v) is 1.55. The first-order chi connectivity index (χ1) is 8.20. The fourth-order valence-electron chi connectivity index (χ4n) is 1.55. The molecular weight excluding hydrogens is 222 g/mol. The maximum absolute atomic E-state index is 13.5. The molecule has 0 atom stereocenters. The fraction of sp³-hybridized carbons (Fsp3) is 0.0769. The first-order valence-corrected chi connectivity index (χ1v) is 4.99. The molecule has 0 unspecified atom stereocenters. The summed E-state index contributed by atoms with van der Waals surface area (Å²) in [5.41, 5.74) is 0.915. The molecule has 17 heavy (non-hydrogen) atoms. The van der Waals surface area contributed by atoms with Gasteiger partial charge in [-0.25, -0.2) is 9.37 Å². The molecule has 0 aliphatic heterocycles. The van der Waals surface area contributed by atoms with Gasteiger partial charge in [-0.3, -0.25) is 0 Å². The largest absolute Gasteiger partial charge is 0.220 e. The average Bonchev–Trinajstić information content (AvgIpc) is 2.29. The average molecular weight is 230 g/mol. The maximum atomic E-state index is 13.5. The molecule has 1 heterocycles. The predicted octanol–water partition coefficient (Wildman–Crippen LogP) is 3.09. The van der Waals surface area contributed by atoms with E-state index in [-0.39, 0.29) is 17.7 Å². The predicted molar refractivity (Wildman–Crippen MR) is 58.9 cm³/mol. The van der Waals surface area contributed by atoms with Gasteiger partial charge < -0.3 is 0 Å². The third-order valence-electron chi connectivity index (χ3n) is 2.29. The molecule has 0 spiro atoms. The van der Waals surface area contributed by atoms with E-state index in [1.165, 1.54) is 24.3 Å². The van der Waals surface area contributed by atoms with Crippen LogP contribution in [0.5, 0.6) is 0 Å². The van der Waals surface area contributed by atoms with Gasteiger partial charge in [-0.15, -0.1) is 0 Å². The van der Waals surface area contributed by atoms with Crippen LogP contribution in [0.25, 0.3) is 11.3 Å². The van der Waals surface area contributed by atoms with Crippen LogP contribution in [-0.2, 0) is 6.42 Å². The van der Waals surface area contributed by atoms with E-state index in [1.807, 2.05) is 6.07 Å². The van der Waals surface area contributed by atoms with E-state index < -0.39 is 11.8 Å². The number of hydrogen-bond donors (Lipinski definition) is 0. The number of hydrogen-bond acceptors (Lipinski definition) is 2. The summed E-state index contributed by atoms with van der Waals surface area (Å²) in [7, 11) is 0. The molecule has 0 amide bonds. The monoisotopic (exact) mass is 230 g/mol. The number of halogens is 2. The van der Waals surface area contributed by atoms with Gasteiger partial charge in [0.15, 0.2) is 0 Å². The molecule has 1 aromatic carbocycles. The minimum absolute atomic E-state index is 0.0703. The molecule has 2 nitrogen and oxygen atoms in total. The van der Waals surface area contributed by atoms with E-state index >= 15 is 0 Å². The minimum atomic E-state index is -0.712. The Hall–Kier alpha value is -2.28. The van der Waals surface area contributed by atoms with E-state index in [9.17, 15) is 8.78 Å². The van der Waals surface area contributed by atoms with Crippen LogP contribution in [-0.4, -0.2) is 4.98 Å². The Kier molecular flexibility index (Phi) is 3.10. The standard InChI is InChI=1S/C13H8F2N2/c14-11-4-2-1-3-10(11)12-7-9(5-6-16)8-13(15)17-12/h1-4,7-8H,5H2. The molecule has 0 N–H and O–H groups in total. The Bertz CT molecular complexity index is 588. The molecule has 0 aliphatic rings. The summed E-state index contributed by atoms with van der Waals surface area (Å²) >= 11 is 0. The van der Waals surface area contributed by atoms with E-state index in [0.717, 1.165) is 0 Å². The van der Waals surface area contributed by atoms with Crippen molar-refractivity contribution in [1.29, 1.82) is 5.26 Å². The molecule has 1 aromatic heterocycles. The number of pyridine rings is 1. The summed E-state index contributed by atoms with van der Waals surface area (Å²) in [4.78, 5) is 3.63. The van der Waals surface area contributed by atoms with Crippen molar-refractivity contribution >= 4 is 0 Å². The lowest BCUT2D eigenvalue weighted by Crippen LogP contribution is -1.94. The Morgan fingerprint density at radius 3 is 2.65 bits per heavy atom. The van der Waals surface area contributed by atoms with Crippen LogP contribution >= 0.6 is 0 Å². The third kappa shape index (κ3) is 2.45. The Labute approximate surface area is 97.2 Å². The van der Waals surface area contributed by atoms with E-state index in [4.69, 9.17) is 5.26 Å². The Balaban J connectivity index is 2.53. The molecule has 0 radical (unpaired) electrons. The highest BCUT2D eigenvalue weighted by molar-refractivity contribution is 5.60. The van der Waals surface area contributed by atoms with Crippen LogP contribution in [0.4, 0.5) is 8.78 Å². The van der Waals surface area contributed by atoms with E-state index in [0.29, 0.717) is 5.56 Å². The summed E-state index contributed by atoms with van der Waals surface area (Å²) < 4.78 is 26.7. The first kappa shape index (κ1) is 11.2. The highest BCUT2D eigenvalue weighted by atomic mass is 19.1. The van der Waals surface area contributed by atoms with Crippen LogP contribution in [0.3, 0.4) is 0 Å². The topological polar surface area (TPSA) is 36.7 Å². The molecule has 84 valence electrons. The van der Waals surface area contributed by atoms with Crippen molar-refractivity contribution in [2.75, 3.05) is 0 Å². The van der Waals surface area contributed by atoms with Crippen molar-refractivity contribution in [3.63, 3.8) is 0 Å². The number of rotatable bonds is 2. The zero-order valence-electron chi connectivity index (χ0n) is 8.82. The second-order valence-electron chi connectivity index (χ2n) is 3.50. The van der Waals surface area contributed by atoms with E-state index in [1.54, 1.807) is 12.1 Å². The van der Waals surface area contributed by atoms with Gasteiger partial charge in [-0.05, 0) is 29.8 Å². The van der Waals surface area contributed by atoms with Gasteiger partial charge in [0, 0.05) is 5.56 Å². The number of nitrogens with zero attached hydrogens (tertiary/aromatic N) is 2. The zero-order valence-corrected chi connectivity index (χ0v) is 8.82. The van der Waals surface area contributed by atoms with Crippen molar-refractivity contribution < 1.29 is 8.78 Å². The molecular formula is C13H8F2N2. The summed E-state index contributed by atoms with van der Waals surface area (Å²) in [6.45, 7) is 0. The van der Waals surface area contributed by atoms with Crippen molar-refractivity contribution in [1.82, 2.24) is 4.98 Å². The van der Waals surface area contributed by atoms with Crippen LogP contribution in [0.2, 0.25) is 0 Å². The van der Waals surface area contributed by atoms with Crippen LogP contribution in [0.1, 0.15) is 5.56 Å². The number of nitriles is 1. The Morgan fingerprint density at radius 2 is 1.94 bits per heavy atom. The van der Waals surface area contributed by atoms with E-state index in [2.05, 4.69) is 4.98 Å². The van der Waals surface area contributed by atoms with Crippen LogP contribution in [0, 0.1) is 23.1 Å². The summed E-state index contributed by atoms with van der Waals surface area (Å²) in [6, 6.07) is 10.6. The molecule has 2 aromatic rings. The molecule has 4 heteroatoms. The Morgan fingerprint density at radius 1 is 1.18 bits per heavy atom. The molecule has 2 rings (SSSR count). The molecule has 0 saturated carbocycles. The lowest BCUT2D eigenvalue weighted by molar-refractivity contribution is 0.582. The highest BCUT2D eigenvalue weighted by Crippen LogP contribution is 2.22. The second-order valence-corrected chi connectivity index (χ2v) is 3.50. The van der Waals surface area contributed by atoms with Gasteiger partial charge in [0.2, 0.25) is 5.95 Å². The van der Waals surface area contributed by atoms with Crippen molar-refractivity contribution in [2.24, 2.45) is 0 Å². The van der Waals surface area contributed by atoms with Gasteiger partial charge >= 0.3 is 0 Å². The first-order valence-electron chi connectivity index (χ1n) is 4.99. The van der Waals surface area contributed by atoms with Crippen molar-refractivity contribution in [3.8, 4) is 17.3 Å². The maximum Gasteiger partial charge on any atom is 0.213 e. The summed E-state index contributed by atoms with van der Waals surface area (Å²) in [5, 5.41) is 8.56. The van der Waals surface area contributed by atoms with Crippen LogP contribution < -0.4 is 0 Å². The van der Waals surface area contributed by atoms with Crippen molar-refractivity contribution in [2.45, 2.75) is 6.42 Å². The molecule has 0 saturated heterocycles. The minimum Gasteiger partial charge on any atom is -0.220 e. The van der Waals surface area contributed by atoms with Crippen molar-refractivity contribution in [3.05, 3.63) is 53.7 Å². The zero-order chi connectivity index (χ0) is 12.3. The SMILES string of the molecule is N#CCc1cc(F)nc(-c2ccccc2F)c1. The summed E-state index contributed by atoms with van der Waals surface area (Å²) in [6.07, 6.45) is 0.0703. The highest BCUT2D eigenvalue weighted by Gasteiger charge is 2.08. The lowest BCUT2D eigenvalue weighted by atomic mass is 10.1. The van der Waals surface area contributed by atoms with Gasteiger partial charge in [-0.1, -0.05) is 12.1 Å². The summed E-state index contributed by atoms with van der Waals surface area (Å²) in [5.74, 6) is -1.18.